The van der Waals surface area contributed by atoms with Crippen molar-refractivity contribution < 1.29 is 42.3 Å². The van der Waals surface area contributed by atoms with E-state index in [-0.39, 0.29) is 35.7 Å². The number of nitrogens with one attached hydrogen (secondary N) is 4. The van der Waals surface area contributed by atoms with Crippen molar-refractivity contribution in [1.29, 1.82) is 0 Å². The van der Waals surface area contributed by atoms with E-state index in [1.54, 1.807) is 6.92 Å². The van der Waals surface area contributed by atoms with E-state index >= 15 is 0 Å². The molecular weight excluding hydrogens is 756 g/mol. The molecule has 5 atom stereocenters. The number of likely N-dealkylation sites (N-methyl/N-ethyl adjacent to an activating group) is 1. The van der Waals surface area contributed by atoms with Crippen molar-refractivity contribution in [2.75, 3.05) is 6.54 Å². The molecule has 3 rings (SSSR count). The molecule has 57 heavy (non-hydrogen) atoms. The lowest BCUT2D eigenvalue weighted by molar-refractivity contribution is -0.192. The first-order valence-corrected chi connectivity index (χ1v) is 21.5. The van der Waals surface area contributed by atoms with Gasteiger partial charge in [0.25, 0.3) is 0 Å². The van der Waals surface area contributed by atoms with Crippen molar-refractivity contribution in [2.24, 2.45) is 17.6 Å². The number of aliphatic carboxylic acids is 1. The van der Waals surface area contributed by atoms with E-state index in [1.807, 2.05) is 89.2 Å². The first-order chi connectivity index (χ1) is 26.9. The van der Waals surface area contributed by atoms with Gasteiger partial charge in [-0.1, -0.05) is 135 Å². The van der Waals surface area contributed by atoms with Gasteiger partial charge in [0.1, 0.15) is 26.2 Å². The van der Waals surface area contributed by atoms with Crippen LogP contribution in [0.25, 0.3) is 0 Å². The molecule has 11 nitrogen and oxygen atoms in total. The number of alkyl halides is 3. The van der Waals surface area contributed by atoms with Crippen LogP contribution in [0.4, 0.5) is 13.2 Å². The molecule has 0 radical (unpaired) electrons. The van der Waals surface area contributed by atoms with Crippen molar-refractivity contribution in [1.82, 2.24) is 21.3 Å². The molecule has 312 valence electrons. The third-order valence-electron chi connectivity index (χ3n) is 9.75. The van der Waals surface area contributed by atoms with Crippen LogP contribution in [0.2, 0.25) is 6.04 Å². The van der Waals surface area contributed by atoms with Crippen LogP contribution < -0.4 is 37.4 Å². The summed E-state index contributed by atoms with van der Waals surface area (Å²) in [7, 11) is -2.75. The zero-order valence-corrected chi connectivity index (χ0v) is 34.6. The van der Waals surface area contributed by atoms with Gasteiger partial charge in [-0.25, -0.2) is 4.79 Å². The van der Waals surface area contributed by atoms with Crippen molar-refractivity contribution in [3.8, 4) is 0 Å². The Hall–Kier alpha value is -5.02. The van der Waals surface area contributed by atoms with E-state index in [0.29, 0.717) is 31.9 Å². The van der Waals surface area contributed by atoms with Crippen LogP contribution in [-0.4, -0.2) is 79.3 Å². The molecule has 7 N–H and O–H groups in total. The average Bonchev–Trinajstić information content (AvgIpc) is 3.17. The smallest absolute Gasteiger partial charge is 0.475 e. The summed E-state index contributed by atoms with van der Waals surface area (Å²) >= 11 is 0. The summed E-state index contributed by atoms with van der Waals surface area (Å²) in [6.45, 7) is 11.7. The quantitative estimate of drug-likeness (QED) is 0.0988. The summed E-state index contributed by atoms with van der Waals surface area (Å²) in [6, 6.07) is 28.8. The van der Waals surface area contributed by atoms with Crippen LogP contribution in [0.1, 0.15) is 66.4 Å². The maximum Gasteiger partial charge on any atom is 0.490 e. The molecule has 4 amide bonds. The van der Waals surface area contributed by atoms with Crippen molar-refractivity contribution in [3.63, 3.8) is 0 Å². The highest BCUT2D eigenvalue weighted by atomic mass is 28.3. The van der Waals surface area contributed by atoms with Crippen LogP contribution in [0.15, 0.2) is 91.0 Å². The SMILES string of the molecule is CCNC(=O)[C@H](CC(C)C)NC(=O)[C@@H](NC(=O)[C@H](C)NC(=O)CC[Si](c1ccccc1)(c1ccccc1)[C@@H](N)Cc1ccccc1)[C@@H](C)CC.O=C(O)C(F)(F)F. The highest BCUT2D eigenvalue weighted by Crippen LogP contribution is 2.21. The predicted molar refractivity (Wildman–Crippen MR) is 218 cm³/mol. The number of carbonyl (C=O) groups is 5. The summed E-state index contributed by atoms with van der Waals surface area (Å²) in [5, 5.41) is 20.8. The van der Waals surface area contributed by atoms with Gasteiger partial charge in [0.05, 0.1) is 0 Å². The average molecular weight is 814 g/mol. The van der Waals surface area contributed by atoms with E-state index in [9.17, 15) is 32.3 Å². The molecule has 0 heterocycles. The highest BCUT2D eigenvalue weighted by molar-refractivity contribution is 7.03. The Kier molecular flexibility index (Phi) is 19.6. The minimum absolute atomic E-state index is 0.174. The largest absolute Gasteiger partial charge is 0.490 e. The normalized spacial score (nSPS) is 14.1. The van der Waals surface area contributed by atoms with Crippen molar-refractivity contribution in [3.05, 3.63) is 96.6 Å². The van der Waals surface area contributed by atoms with Crippen LogP contribution in [0, 0.1) is 11.8 Å². The Balaban J connectivity index is 0.00000146. The highest BCUT2D eigenvalue weighted by Gasteiger charge is 2.43. The molecule has 0 aromatic heterocycles. The standard InChI is InChI=1S/C40H57N5O4Si.C2HF3O2/c1-7-29(5)37(40(49)44-34(26-28(3)4)39(48)42-8-2)45-38(47)30(6)43-36(46)24-25-50(32-20-14-10-15-21-32,33-22-16-11-17-23-33)35(41)27-31-18-12-9-13-19-31;3-2(4,5)1(6)7/h9-23,28-30,34-35,37H,7-8,24-27,41H2,1-6H3,(H,42,48)(H,43,46)(H,44,49)(H,45,47);(H,6,7)/t29-,30-,34-,35+,37-;/m0./s1. The second kappa shape index (κ2) is 23.3. The molecule has 0 saturated heterocycles. The minimum Gasteiger partial charge on any atom is -0.475 e. The summed E-state index contributed by atoms with van der Waals surface area (Å²) in [5.74, 6) is -4.18. The zero-order chi connectivity index (χ0) is 42.8. The molecule has 0 saturated carbocycles. The Morgan fingerprint density at radius 2 is 1.23 bits per heavy atom. The van der Waals surface area contributed by atoms with Gasteiger partial charge < -0.3 is 32.1 Å². The molecule has 0 spiro atoms. The number of amides is 4. The van der Waals surface area contributed by atoms with Gasteiger partial charge in [0, 0.05) is 18.6 Å². The maximum absolute atomic E-state index is 13.6. The molecule has 15 heteroatoms. The number of benzene rings is 3. The van der Waals surface area contributed by atoms with Gasteiger partial charge in [-0.3, -0.25) is 19.2 Å². The monoisotopic (exact) mass is 813 g/mol. The van der Waals surface area contributed by atoms with Crippen LogP contribution in [-0.2, 0) is 30.4 Å². The second-order valence-corrected chi connectivity index (χ2v) is 18.9. The molecule has 0 bridgehead atoms. The molecule has 0 aliphatic carbocycles. The van der Waals surface area contributed by atoms with E-state index in [0.717, 1.165) is 15.9 Å². The van der Waals surface area contributed by atoms with Gasteiger partial charge in [0.15, 0.2) is 0 Å². The molecule has 0 unspecified atom stereocenters. The number of rotatable bonds is 19. The fraction of sp³-hybridized carbons (Fsp3) is 0.452. The minimum atomic E-state index is -5.08. The lowest BCUT2D eigenvalue weighted by atomic mass is 9.96. The van der Waals surface area contributed by atoms with Crippen molar-refractivity contribution >= 4 is 48.0 Å². The number of carboxylic acids is 1. The van der Waals surface area contributed by atoms with Gasteiger partial charge in [-0.2, -0.15) is 13.2 Å². The topological polar surface area (TPSA) is 180 Å². The molecular formula is C42H58F3N5O6Si. The number of hydrogen-bond donors (Lipinski definition) is 6. The third-order valence-corrected chi connectivity index (χ3v) is 15.0. The number of hydrogen-bond acceptors (Lipinski definition) is 6. The third kappa shape index (κ3) is 15.1. The zero-order valence-electron chi connectivity index (χ0n) is 33.6. The lowest BCUT2D eigenvalue weighted by Gasteiger charge is -2.38. The first kappa shape index (κ1) is 48.1. The first-order valence-electron chi connectivity index (χ1n) is 19.3. The van der Waals surface area contributed by atoms with Crippen molar-refractivity contribution in [2.45, 2.75) is 103 Å². The molecule has 3 aromatic carbocycles. The Labute approximate surface area is 334 Å². The van der Waals surface area contributed by atoms with Gasteiger partial charge in [-0.15, -0.1) is 0 Å². The van der Waals surface area contributed by atoms with Crippen LogP contribution in [0.5, 0.6) is 0 Å². The molecule has 0 aliphatic heterocycles. The number of nitrogens with two attached hydrogens (primary N) is 1. The molecule has 0 fully saturated rings. The summed E-state index contributed by atoms with van der Waals surface area (Å²) < 4.78 is 31.7. The number of carboxylic acid groups (broad SMARTS) is 1. The van der Waals surface area contributed by atoms with Gasteiger partial charge in [-0.05, 0) is 50.1 Å². The van der Waals surface area contributed by atoms with Gasteiger partial charge >= 0.3 is 12.1 Å². The van der Waals surface area contributed by atoms with Crippen LogP contribution in [0.3, 0.4) is 0 Å². The van der Waals surface area contributed by atoms with E-state index in [2.05, 4.69) is 57.7 Å². The number of halogens is 3. The van der Waals surface area contributed by atoms with E-state index in [1.165, 1.54) is 0 Å². The van der Waals surface area contributed by atoms with E-state index in [4.69, 9.17) is 15.6 Å². The molecule has 0 aliphatic rings. The summed E-state index contributed by atoms with van der Waals surface area (Å²) in [4.78, 5) is 62.2. The Morgan fingerprint density at radius 3 is 1.67 bits per heavy atom. The fourth-order valence-electron chi connectivity index (χ4n) is 6.51. The Bertz CT molecular complexity index is 1680. The maximum atomic E-state index is 13.6. The fourth-order valence-corrected chi connectivity index (χ4v) is 11.4. The lowest BCUT2D eigenvalue weighted by Crippen LogP contribution is -2.70. The molecule has 3 aromatic rings. The summed E-state index contributed by atoms with van der Waals surface area (Å²) in [6.07, 6.45) is -3.15. The second-order valence-electron chi connectivity index (χ2n) is 14.5. The number of carbonyl (C=O) groups excluding carboxylic acids is 4. The van der Waals surface area contributed by atoms with E-state index < -0.39 is 50.2 Å². The van der Waals surface area contributed by atoms with Crippen LogP contribution >= 0.6 is 0 Å². The predicted octanol–water partition coefficient (Wildman–Crippen LogP) is 4.08. The van der Waals surface area contributed by atoms with Gasteiger partial charge in [0.2, 0.25) is 23.6 Å². The summed E-state index contributed by atoms with van der Waals surface area (Å²) in [5.41, 5.74) is 8.12. The Morgan fingerprint density at radius 1 is 0.737 bits per heavy atom.